The van der Waals surface area contributed by atoms with Gasteiger partial charge in [-0.25, -0.2) is 4.79 Å². The fourth-order valence-corrected chi connectivity index (χ4v) is 2.48. The van der Waals surface area contributed by atoms with Crippen molar-refractivity contribution in [2.75, 3.05) is 99.1 Å². The van der Waals surface area contributed by atoms with E-state index in [1.165, 1.54) is 12.8 Å². The smallest absolute Gasteiger partial charge is 0.372 e. The first-order valence-electron chi connectivity index (χ1n) is 12.5. The minimum atomic E-state index is -1.56. The number of hydrogen-bond acceptors (Lipinski definition) is 11. The Morgan fingerprint density at radius 2 is 0.861 bits per heavy atom. The van der Waals surface area contributed by atoms with Gasteiger partial charge >= 0.3 is 11.9 Å². The van der Waals surface area contributed by atoms with Crippen molar-refractivity contribution in [2.45, 2.75) is 39.0 Å². The van der Waals surface area contributed by atoms with Gasteiger partial charge < -0.3 is 43.0 Å². The molecule has 0 saturated carbocycles. The van der Waals surface area contributed by atoms with Crippen molar-refractivity contribution >= 4 is 17.7 Å². The lowest BCUT2D eigenvalue weighted by Gasteiger charge is -2.08. The van der Waals surface area contributed by atoms with E-state index in [1.807, 2.05) is 0 Å². The lowest BCUT2D eigenvalue weighted by molar-refractivity contribution is -0.151. The highest BCUT2D eigenvalue weighted by atomic mass is 16.6. The van der Waals surface area contributed by atoms with E-state index in [1.54, 1.807) is 0 Å². The van der Waals surface area contributed by atoms with Gasteiger partial charge in [-0.15, -0.1) is 0 Å². The largest absolute Gasteiger partial charge is 0.476 e. The minimum absolute atomic E-state index is 0.0245. The number of rotatable bonds is 29. The van der Waals surface area contributed by atoms with Crippen molar-refractivity contribution in [3.05, 3.63) is 0 Å². The summed E-state index contributed by atoms with van der Waals surface area (Å²) in [5.41, 5.74) is 0. The molecule has 0 radical (unpaired) electrons. The van der Waals surface area contributed by atoms with Crippen LogP contribution in [0.5, 0.6) is 0 Å². The third-order valence-electron chi connectivity index (χ3n) is 4.41. The van der Waals surface area contributed by atoms with Crippen LogP contribution in [0.3, 0.4) is 0 Å². The van der Waals surface area contributed by atoms with Crippen LogP contribution in [0.25, 0.3) is 0 Å². The summed E-state index contributed by atoms with van der Waals surface area (Å²) in [5, 5.41) is 8.41. The summed E-state index contributed by atoms with van der Waals surface area (Å²) in [4.78, 5) is 32.5. The first-order valence-corrected chi connectivity index (χ1v) is 12.5. The molecule has 0 aromatic heterocycles. The summed E-state index contributed by atoms with van der Waals surface area (Å²) in [5.74, 6) is -3.22. The van der Waals surface area contributed by atoms with Crippen LogP contribution in [0.1, 0.15) is 39.0 Å². The predicted molar refractivity (Wildman–Crippen MR) is 128 cm³/mol. The number of carbonyl (C=O) groups is 3. The van der Waals surface area contributed by atoms with Crippen molar-refractivity contribution in [3.8, 4) is 0 Å². The van der Waals surface area contributed by atoms with Gasteiger partial charge in [0.25, 0.3) is 0 Å². The molecule has 0 saturated heterocycles. The Morgan fingerprint density at radius 3 is 1.22 bits per heavy atom. The Morgan fingerprint density at radius 1 is 0.500 bits per heavy atom. The van der Waals surface area contributed by atoms with Crippen LogP contribution in [0.4, 0.5) is 0 Å². The highest BCUT2D eigenvalue weighted by molar-refractivity contribution is 6.32. The van der Waals surface area contributed by atoms with Crippen molar-refractivity contribution < 1.29 is 57.4 Å². The molecule has 0 aromatic carbocycles. The van der Waals surface area contributed by atoms with Gasteiger partial charge in [0.05, 0.1) is 92.3 Å². The number of Topliss-reactive ketones (excluding diaryl/α,β-unsaturated/α-hetero) is 1. The summed E-state index contributed by atoms with van der Waals surface area (Å²) < 4.78 is 42.5. The van der Waals surface area contributed by atoms with Crippen LogP contribution in [-0.4, -0.2) is 122 Å². The molecule has 0 rings (SSSR count). The van der Waals surface area contributed by atoms with Gasteiger partial charge in [-0.1, -0.05) is 19.8 Å². The van der Waals surface area contributed by atoms with E-state index in [0.717, 1.165) is 13.0 Å². The standard InChI is InChI=1S/C24H44O12/c1-2-3-4-7-29-8-9-30-10-11-31-12-13-32-14-15-33-16-17-34-18-19-35-20-21-36-23(26)6-5-22(25)24(27)28/h2-21H2,1H3,(H,27,28). The minimum Gasteiger partial charge on any atom is -0.476 e. The third kappa shape index (κ3) is 26.9. The molecule has 212 valence electrons. The Hall–Kier alpha value is -1.67. The van der Waals surface area contributed by atoms with Crippen LogP contribution < -0.4 is 0 Å². The number of carboxylic acid groups (broad SMARTS) is 1. The predicted octanol–water partition coefficient (Wildman–Crippen LogP) is 1.27. The van der Waals surface area contributed by atoms with Crippen LogP contribution in [0.15, 0.2) is 0 Å². The van der Waals surface area contributed by atoms with Crippen molar-refractivity contribution in [2.24, 2.45) is 0 Å². The number of unbranched alkanes of at least 4 members (excludes halogenated alkanes) is 2. The van der Waals surface area contributed by atoms with E-state index in [-0.39, 0.29) is 26.1 Å². The molecule has 12 heteroatoms. The molecule has 0 unspecified atom stereocenters. The maximum absolute atomic E-state index is 11.3. The summed E-state index contributed by atoms with van der Waals surface area (Å²) in [6, 6.07) is 0. The highest BCUT2D eigenvalue weighted by Gasteiger charge is 2.14. The maximum Gasteiger partial charge on any atom is 0.372 e. The number of esters is 1. The SMILES string of the molecule is CCCCCOCCOCCOCCOCCOCCOCCOCCOC(=O)CCC(=O)C(=O)O. The summed E-state index contributed by atoms with van der Waals surface area (Å²) in [6.07, 6.45) is 2.86. The van der Waals surface area contributed by atoms with Gasteiger partial charge in [-0.3, -0.25) is 9.59 Å². The fraction of sp³-hybridized carbons (Fsp3) is 0.875. The molecule has 0 bridgehead atoms. The summed E-state index contributed by atoms with van der Waals surface area (Å²) in [6.45, 7) is 8.93. The van der Waals surface area contributed by atoms with E-state index in [0.29, 0.717) is 79.3 Å². The lowest BCUT2D eigenvalue weighted by Crippen LogP contribution is -2.17. The van der Waals surface area contributed by atoms with Crippen molar-refractivity contribution in [1.29, 1.82) is 0 Å². The number of ether oxygens (including phenoxy) is 8. The van der Waals surface area contributed by atoms with E-state index >= 15 is 0 Å². The van der Waals surface area contributed by atoms with Crippen LogP contribution >= 0.6 is 0 Å². The second kappa shape index (κ2) is 27.9. The summed E-state index contributed by atoms with van der Waals surface area (Å²) >= 11 is 0. The molecule has 0 aliphatic heterocycles. The van der Waals surface area contributed by atoms with Gasteiger partial charge in [-0.05, 0) is 6.42 Å². The van der Waals surface area contributed by atoms with Crippen LogP contribution in [0.2, 0.25) is 0 Å². The molecule has 12 nitrogen and oxygen atoms in total. The fourth-order valence-electron chi connectivity index (χ4n) is 2.48. The molecular formula is C24H44O12. The summed E-state index contributed by atoms with van der Waals surface area (Å²) in [7, 11) is 0. The number of aliphatic carboxylic acids is 1. The quantitative estimate of drug-likeness (QED) is 0.0854. The van der Waals surface area contributed by atoms with Crippen LogP contribution in [-0.2, 0) is 52.3 Å². The Balaban J connectivity index is 3.14. The molecule has 0 aliphatic carbocycles. The molecule has 0 spiro atoms. The average Bonchev–Trinajstić information content (AvgIpc) is 2.87. The molecule has 0 amide bonds. The van der Waals surface area contributed by atoms with Crippen LogP contribution in [0, 0.1) is 0 Å². The van der Waals surface area contributed by atoms with E-state index < -0.39 is 17.7 Å². The topological polar surface area (TPSA) is 145 Å². The van der Waals surface area contributed by atoms with E-state index in [2.05, 4.69) is 6.92 Å². The molecule has 36 heavy (non-hydrogen) atoms. The zero-order valence-corrected chi connectivity index (χ0v) is 21.6. The van der Waals surface area contributed by atoms with Gasteiger partial charge in [0.2, 0.25) is 5.78 Å². The normalized spacial score (nSPS) is 11.0. The highest BCUT2D eigenvalue weighted by Crippen LogP contribution is 1.95. The zero-order valence-electron chi connectivity index (χ0n) is 21.6. The first-order chi connectivity index (χ1) is 17.6. The van der Waals surface area contributed by atoms with Gasteiger partial charge in [0.15, 0.2) is 0 Å². The second-order valence-corrected chi connectivity index (χ2v) is 7.44. The molecular weight excluding hydrogens is 480 g/mol. The lowest BCUT2D eigenvalue weighted by atomic mass is 10.2. The molecule has 0 atom stereocenters. The van der Waals surface area contributed by atoms with Gasteiger partial charge in [0.1, 0.15) is 6.61 Å². The molecule has 0 heterocycles. The van der Waals surface area contributed by atoms with Crippen molar-refractivity contribution in [3.63, 3.8) is 0 Å². The number of hydrogen-bond donors (Lipinski definition) is 1. The Labute approximate surface area is 213 Å². The number of ketones is 1. The molecule has 1 N–H and O–H groups in total. The molecule has 0 fully saturated rings. The molecule has 0 aromatic rings. The molecule has 0 aliphatic rings. The van der Waals surface area contributed by atoms with Crippen molar-refractivity contribution in [1.82, 2.24) is 0 Å². The number of carboxylic acids is 1. The van der Waals surface area contributed by atoms with Gasteiger partial charge in [-0.2, -0.15) is 0 Å². The Bertz CT molecular complexity index is 529. The zero-order chi connectivity index (χ0) is 26.5. The first kappa shape index (κ1) is 34.3. The Kier molecular flexibility index (Phi) is 26.6. The maximum atomic E-state index is 11.3. The van der Waals surface area contributed by atoms with E-state index in [4.69, 9.17) is 43.0 Å². The van der Waals surface area contributed by atoms with Gasteiger partial charge in [0, 0.05) is 13.0 Å². The number of carbonyl (C=O) groups excluding carboxylic acids is 2. The monoisotopic (exact) mass is 524 g/mol. The van der Waals surface area contributed by atoms with E-state index in [9.17, 15) is 14.4 Å². The second-order valence-electron chi connectivity index (χ2n) is 7.44. The third-order valence-corrected chi connectivity index (χ3v) is 4.41. The average molecular weight is 525 g/mol.